The van der Waals surface area contributed by atoms with Crippen LogP contribution >= 0.6 is 23.2 Å². The van der Waals surface area contributed by atoms with Crippen molar-refractivity contribution in [1.82, 2.24) is 4.90 Å². The molecule has 0 aromatic heterocycles. The number of halogens is 2. The fourth-order valence-corrected chi connectivity index (χ4v) is 2.98. The molecule has 1 aliphatic rings. The van der Waals surface area contributed by atoms with Crippen LogP contribution in [-0.4, -0.2) is 42.1 Å². The summed E-state index contributed by atoms with van der Waals surface area (Å²) in [6.07, 6.45) is 0.256. The molecule has 6 heteroatoms. The van der Waals surface area contributed by atoms with Gasteiger partial charge in [-0.3, -0.25) is 9.69 Å². The lowest BCUT2D eigenvalue weighted by Crippen LogP contribution is -2.52. The Labute approximate surface area is 135 Å². The number of nitrogens with one attached hydrogen (secondary N) is 1. The van der Waals surface area contributed by atoms with Gasteiger partial charge in [0.15, 0.2) is 0 Å². The molecular formula is C15H20Cl2N2O2. The second-order valence-corrected chi connectivity index (χ2v) is 6.34. The molecule has 116 valence electrons. The highest BCUT2D eigenvalue weighted by Gasteiger charge is 2.29. The number of hydrogen-bond acceptors (Lipinski definition) is 3. The van der Waals surface area contributed by atoms with Crippen molar-refractivity contribution < 1.29 is 9.53 Å². The summed E-state index contributed by atoms with van der Waals surface area (Å²) in [5.41, 5.74) is 0.576. The summed E-state index contributed by atoms with van der Waals surface area (Å²) >= 11 is 11.9. The van der Waals surface area contributed by atoms with Crippen LogP contribution in [0.25, 0.3) is 0 Å². The first-order valence-electron chi connectivity index (χ1n) is 7.02. The second-order valence-electron chi connectivity index (χ2n) is 5.50. The molecule has 1 aromatic carbocycles. The maximum Gasteiger partial charge on any atom is 0.241 e. The van der Waals surface area contributed by atoms with Gasteiger partial charge in [0.25, 0.3) is 0 Å². The lowest BCUT2D eigenvalue weighted by molar-refractivity contribution is -0.126. The normalized spacial score (nSPS) is 24.6. The van der Waals surface area contributed by atoms with E-state index >= 15 is 0 Å². The largest absolute Gasteiger partial charge is 0.373 e. The molecule has 1 aliphatic heterocycles. The zero-order valence-electron chi connectivity index (χ0n) is 12.4. The number of carbonyl (C=O) groups is 1. The second kappa shape index (κ2) is 6.97. The third kappa shape index (κ3) is 4.33. The molecule has 4 nitrogen and oxygen atoms in total. The molecule has 1 heterocycles. The lowest BCUT2D eigenvalue weighted by atomic mass is 10.1. The van der Waals surface area contributed by atoms with E-state index in [0.29, 0.717) is 15.7 Å². The van der Waals surface area contributed by atoms with Crippen LogP contribution in [0.1, 0.15) is 20.8 Å². The fourth-order valence-electron chi connectivity index (χ4n) is 2.53. The van der Waals surface area contributed by atoms with Crippen LogP contribution in [0.4, 0.5) is 5.69 Å². The quantitative estimate of drug-likeness (QED) is 0.923. The number of amides is 1. The predicted octanol–water partition coefficient (Wildman–Crippen LogP) is 3.43. The Bertz CT molecular complexity index is 514. The van der Waals surface area contributed by atoms with Gasteiger partial charge in [-0.25, -0.2) is 0 Å². The van der Waals surface area contributed by atoms with Crippen LogP contribution in [0.3, 0.4) is 0 Å². The molecule has 2 rings (SSSR count). The summed E-state index contributed by atoms with van der Waals surface area (Å²) in [5, 5.41) is 3.83. The molecule has 1 aromatic rings. The molecule has 0 saturated carbocycles. The van der Waals surface area contributed by atoms with Gasteiger partial charge in [0.05, 0.1) is 29.0 Å². The Balaban J connectivity index is 2.02. The number of hydrogen-bond donors (Lipinski definition) is 1. The van der Waals surface area contributed by atoms with Crippen molar-refractivity contribution in [3.63, 3.8) is 0 Å². The van der Waals surface area contributed by atoms with Crippen molar-refractivity contribution >= 4 is 34.8 Å². The van der Waals surface area contributed by atoms with E-state index in [2.05, 4.69) is 10.2 Å². The van der Waals surface area contributed by atoms with Crippen LogP contribution in [0.2, 0.25) is 10.0 Å². The van der Waals surface area contributed by atoms with Crippen molar-refractivity contribution in [1.29, 1.82) is 0 Å². The molecule has 0 radical (unpaired) electrons. The minimum Gasteiger partial charge on any atom is -0.373 e. The SMILES string of the molecule is C[C@H](C(=O)Nc1ccc(Cl)cc1Cl)N1C[C@H](C)O[C@@H](C)C1. The van der Waals surface area contributed by atoms with Gasteiger partial charge in [0.2, 0.25) is 5.91 Å². The number of rotatable bonds is 3. The predicted molar refractivity (Wildman–Crippen MR) is 86.1 cm³/mol. The number of carbonyl (C=O) groups excluding carboxylic acids is 1. The highest BCUT2D eigenvalue weighted by Crippen LogP contribution is 2.26. The zero-order valence-corrected chi connectivity index (χ0v) is 13.9. The molecule has 1 amide bonds. The van der Waals surface area contributed by atoms with E-state index in [9.17, 15) is 4.79 Å². The van der Waals surface area contributed by atoms with Gasteiger partial charge in [-0.1, -0.05) is 23.2 Å². The standard InChI is InChI=1S/C15H20Cl2N2O2/c1-9-7-19(8-10(2)21-9)11(3)15(20)18-14-5-4-12(16)6-13(14)17/h4-6,9-11H,7-8H2,1-3H3,(H,18,20)/t9-,10-,11+/m0/s1. The average Bonchev–Trinajstić information content (AvgIpc) is 2.40. The summed E-state index contributed by atoms with van der Waals surface area (Å²) in [4.78, 5) is 14.5. The highest BCUT2D eigenvalue weighted by atomic mass is 35.5. The zero-order chi connectivity index (χ0) is 15.6. The molecule has 1 saturated heterocycles. The Morgan fingerprint density at radius 1 is 1.33 bits per heavy atom. The lowest BCUT2D eigenvalue weighted by Gasteiger charge is -2.38. The molecule has 21 heavy (non-hydrogen) atoms. The Morgan fingerprint density at radius 2 is 1.95 bits per heavy atom. The van der Waals surface area contributed by atoms with Gasteiger partial charge in [-0.15, -0.1) is 0 Å². The molecule has 0 aliphatic carbocycles. The van der Waals surface area contributed by atoms with Crippen molar-refractivity contribution in [3.8, 4) is 0 Å². The third-order valence-corrected chi connectivity index (χ3v) is 4.11. The maximum atomic E-state index is 12.4. The number of ether oxygens (including phenoxy) is 1. The molecular weight excluding hydrogens is 311 g/mol. The average molecular weight is 331 g/mol. The number of nitrogens with zero attached hydrogens (tertiary/aromatic N) is 1. The van der Waals surface area contributed by atoms with E-state index in [0.717, 1.165) is 13.1 Å². The van der Waals surface area contributed by atoms with Crippen LogP contribution in [0, 0.1) is 0 Å². The van der Waals surface area contributed by atoms with Crippen molar-refractivity contribution in [2.45, 2.75) is 39.0 Å². The molecule has 1 N–H and O–H groups in total. The van der Waals surface area contributed by atoms with E-state index < -0.39 is 0 Å². The van der Waals surface area contributed by atoms with E-state index in [1.54, 1.807) is 18.2 Å². The van der Waals surface area contributed by atoms with Gasteiger partial charge < -0.3 is 10.1 Å². The Kier molecular flexibility index (Phi) is 5.49. The van der Waals surface area contributed by atoms with E-state index in [-0.39, 0.29) is 24.2 Å². The van der Waals surface area contributed by atoms with Gasteiger partial charge >= 0.3 is 0 Å². The molecule has 0 bridgehead atoms. The van der Waals surface area contributed by atoms with Crippen LogP contribution in [0.5, 0.6) is 0 Å². The van der Waals surface area contributed by atoms with Gasteiger partial charge in [-0.05, 0) is 39.0 Å². The minimum atomic E-state index is -0.245. The smallest absolute Gasteiger partial charge is 0.241 e. The van der Waals surface area contributed by atoms with Gasteiger partial charge in [0.1, 0.15) is 0 Å². The van der Waals surface area contributed by atoms with Crippen LogP contribution in [0.15, 0.2) is 18.2 Å². The van der Waals surface area contributed by atoms with E-state index in [1.807, 2.05) is 20.8 Å². The van der Waals surface area contributed by atoms with E-state index in [1.165, 1.54) is 0 Å². The van der Waals surface area contributed by atoms with Crippen molar-refractivity contribution in [2.75, 3.05) is 18.4 Å². The number of anilines is 1. The summed E-state index contributed by atoms with van der Waals surface area (Å²) in [6, 6.07) is 4.78. The molecule has 0 unspecified atom stereocenters. The highest BCUT2D eigenvalue weighted by molar-refractivity contribution is 6.36. The first kappa shape index (κ1) is 16.6. The third-order valence-electron chi connectivity index (χ3n) is 3.56. The summed E-state index contributed by atoms with van der Waals surface area (Å²) in [5.74, 6) is -0.0828. The fraction of sp³-hybridized carbons (Fsp3) is 0.533. The molecule has 1 fully saturated rings. The van der Waals surface area contributed by atoms with Crippen molar-refractivity contribution in [3.05, 3.63) is 28.2 Å². The first-order valence-corrected chi connectivity index (χ1v) is 7.78. The topological polar surface area (TPSA) is 41.6 Å². The Hall–Kier alpha value is -0.810. The molecule has 0 spiro atoms. The first-order chi connectivity index (χ1) is 9.86. The van der Waals surface area contributed by atoms with Crippen molar-refractivity contribution in [2.24, 2.45) is 0 Å². The molecule has 3 atom stereocenters. The monoisotopic (exact) mass is 330 g/mol. The van der Waals surface area contributed by atoms with Crippen LogP contribution in [-0.2, 0) is 9.53 Å². The summed E-state index contributed by atoms with van der Waals surface area (Å²) in [7, 11) is 0. The number of morpholine rings is 1. The van der Waals surface area contributed by atoms with Crippen LogP contribution < -0.4 is 5.32 Å². The van der Waals surface area contributed by atoms with E-state index in [4.69, 9.17) is 27.9 Å². The minimum absolute atomic E-state index is 0.0828. The van der Waals surface area contributed by atoms with Gasteiger partial charge in [-0.2, -0.15) is 0 Å². The summed E-state index contributed by atoms with van der Waals surface area (Å²) < 4.78 is 5.69. The summed E-state index contributed by atoms with van der Waals surface area (Å²) in [6.45, 7) is 7.41. The Morgan fingerprint density at radius 3 is 2.52 bits per heavy atom. The number of benzene rings is 1. The van der Waals surface area contributed by atoms with Gasteiger partial charge in [0, 0.05) is 18.1 Å². The maximum absolute atomic E-state index is 12.4.